The molecule has 0 radical (unpaired) electrons. The minimum absolute atomic E-state index is 0.0164. The summed E-state index contributed by atoms with van der Waals surface area (Å²) in [7, 11) is -3.54. The Bertz CT molecular complexity index is 661. The van der Waals surface area contributed by atoms with E-state index in [1.807, 2.05) is 4.90 Å². The van der Waals surface area contributed by atoms with E-state index in [0.29, 0.717) is 5.69 Å². The van der Waals surface area contributed by atoms with Gasteiger partial charge in [-0.1, -0.05) is 6.92 Å². The smallest absolute Gasteiger partial charge is 0.232 e. The van der Waals surface area contributed by atoms with E-state index in [1.54, 1.807) is 0 Å². The van der Waals surface area contributed by atoms with Gasteiger partial charge in [0, 0.05) is 25.6 Å². The Hall–Kier alpha value is -1.63. The van der Waals surface area contributed by atoms with Gasteiger partial charge in [-0.2, -0.15) is 0 Å². The van der Waals surface area contributed by atoms with Crippen LogP contribution in [0.15, 0.2) is 24.3 Å². The maximum atomic E-state index is 13.1. The summed E-state index contributed by atoms with van der Waals surface area (Å²) in [5.74, 6) is -0.445. The Kier molecular flexibility index (Phi) is 6.21. The number of halogens is 1. The molecule has 1 aromatic carbocycles. The van der Waals surface area contributed by atoms with E-state index in [9.17, 15) is 17.6 Å². The number of nitrogens with zero attached hydrogens (tertiary/aromatic N) is 2. The third-order valence-electron chi connectivity index (χ3n) is 4.46. The van der Waals surface area contributed by atoms with E-state index in [-0.39, 0.29) is 24.9 Å². The first-order valence-corrected chi connectivity index (χ1v) is 10.2. The van der Waals surface area contributed by atoms with Gasteiger partial charge in [-0.15, -0.1) is 0 Å². The van der Waals surface area contributed by atoms with Crippen molar-refractivity contribution in [1.29, 1.82) is 0 Å². The Morgan fingerprint density at radius 1 is 1.29 bits per heavy atom. The molecule has 0 aliphatic carbocycles. The van der Waals surface area contributed by atoms with E-state index in [0.717, 1.165) is 42.8 Å². The van der Waals surface area contributed by atoms with E-state index in [1.165, 1.54) is 24.3 Å². The number of hydrogen-bond acceptors (Lipinski definition) is 3. The molecule has 1 aliphatic heterocycles. The van der Waals surface area contributed by atoms with E-state index >= 15 is 0 Å². The van der Waals surface area contributed by atoms with Gasteiger partial charge in [0.25, 0.3) is 0 Å². The molecule has 0 aromatic heterocycles. The number of carbonyl (C=O) groups is 1. The highest BCUT2D eigenvalue weighted by Gasteiger charge is 2.26. The molecule has 1 fully saturated rings. The molecule has 1 amide bonds. The van der Waals surface area contributed by atoms with E-state index in [2.05, 4.69) is 6.92 Å². The fraction of sp³-hybridized carbons (Fsp3) is 0.588. The Morgan fingerprint density at radius 3 is 2.54 bits per heavy atom. The number of piperidine rings is 1. The van der Waals surface area contributed by atoms with Gasteiger partial charge >= 0.3 is 0 Å². The van der Waals surface area contributed by atoms with Gasteiger partial charge in [0.1, 0.15) is 5.82 Å². The van der Waals surface area contributed by atoms with Gasteiger partial charge in [0.2, 0.25) is 15.9 Å². The summed E-state index contributed by atoms with van der Waals surface area (Å²) in [5, 5.41) is 0. The SMILES string of the molecule is CCC1CCCCN1C(=O)CCN(c1ccc(F)cc1)S(C)(=O)=O. The summed E-state index contributed by atoms with van der Waals surface area (Å²) in [6.07, 6.45) is 5.27. The second-order valence-electron chi connectivity index (χ2n) is 6.21. The van der Waals surface area contributed by atoms with Crippen molar-refractivity contribution < 1.29 is 17.6 Å². The van der Waals surface area contributed by atoms with Gasteiger partial charge in [-0.3, -0.25) is 9.10 Å². The number of carbonyl (C=O) groups excluding carboxylic acids is 1. The van der Waals surface area contributed by atoms with Crippen LogP contribution in [0.25, 0.3) is 0 Å². The summed E-state index contributed by atoms with van der Waals surface area (Å²) >= 11 is 0. The van der Waals surface area contributed by atoms with Crippen LogP contribution in [0.5, 0.6) is 0 Å². The molecule has 0 spiro atoms. The number of rotatable bonds is 6. The first-order valence-electron chi connectivity index (χ1n) is 8.35. The second-order valence-corrected chi connectivity index (χ2v) is 8.11. The lowest BCUT2D eigenvalue weighted by molar-refractivity contribution is -0.134. The third kappa shape index (κ3) is 4.69. The molecule has 1 aliphatic rings. The van der Waals surface area contributed by atoms with Crippen molar-refractivity contribution in [3.63, 3.8) is 0 Å². The Morgan fingerprint density at radius 2 is 1.96 bits per heavy atom. The third-order valence-corrected chi connectivity index (χ3v) is 5.66. The van der Waals surface area contributed by atoms with Crippen LogP contribution in [0.4, 0.5) is 10.1 Å². The average Bonchev–Trinajstić information content (AvgIpc) is 2.55. The molecule has 1 saturated heterocycles. The number of anilines is 1. The largest absolute Gasteiger partial charge is 0.340 e. The molecule has 1 atom stereocenters. The standard InChI is InChI=1S/C17H25FN2O3S/c1-3-15-6-4-5-12-19(15)17(21)11-13-20(24(2,22)23)16-9-7-14(18)8-10-16/h7-10,15H,3-6,11-13H2,1-2H3. The minimum Gasteiger partial charge on any atom is -0.340 e. The van der Waals surface area contributed by atoms with Gasteiger partial charge in [-0.25, -0.2) is 12.8 Å². The average molecular weight is 356 g/mol. The van der Waals surface area contributed by atoms with Crippen LogP contribution >= 0.6 is 0 Å². The second kappa shape index (κ2) is 7.96. The lowest BCUT2D eigenvalue weighted by Crippen LogP contribution is -2.44. The first-order chi connectivity index (χ1) is 11.3. The molecule has 5 nitrogen and oxygen atoms in total. The zero-order valence-electron chi connectivity index (χ0n) is 14.2. The minimum atomic E-state index is -3.54. The van der Waals surface area contributed by atoms with Gasteiger partial charge in [-0.05, 0) is 49.9 Å². The predicted molar refractivity (Wildman–Crippen MR) is 92.8 cm³/mol. The zero-order valence-corrected chi connectivity index (χ0v) is 15.1. The monoisotopic (exact) mass is 356 g/mol. The summed E-state index contributed by atoms with van der Waals surface area (Å²) < 4.78 is 38.3. The van der Waals surface area contributed by atoms with E-state index < -0.39 is 15.8 Å². The van der Waals surface area contributed by atoms with Crippen molar-refractivity contribution in [3.8, 4) is 0 Å². The van der Waals surface area contributed by atoms with Crippen molar-refractivity contribution >= 4 is 21.6 Å². The Balaban J connectivity index is 2.07. The van der Waals surface area contributed by atoms with Crippen molar-refractivity contribution in [2.45, 2.75) is 45.1 Å². The topological polar surface area (TPSA) is 57.7 Å². The lowest BCUT2D eigenvalue weighted by Gasteiger charge is -2.36. The summed E-state index contributed by atoms with van der Waals surface area (Å²) in [4.78, 5) is 14.4. The summed E-state index contributed by atoms with van der Waals surface area (Å²) in [6, 6.07) is 5.51. The fourth-order valence-corrected chi connectivity index (χ4v) is 4.12. The zero-order chi connectivity index (χ0) is 17.7. The molecule has 1 unspecified atom stereocenters. The number of sulfonamides is 1. The molecule has 1 heterocycles. The molecule has 134 valence electrons. The number of amides is 1. The molecule has 0 N–H and O–H groups in total. The fourth-order valence-electron chi connectivity index (χ4n) is 3.19. The highest BCUT2D eigenvalue weighted by atomic mass is 32.2. The Labute approximate surface area is 143 Å². The summed E-state index contributed by atoms with van der Waals surface area (Å²) in [6.45, 7) is 2.88. The highest BCUT2D eigenvalue weighted by Crippen LogP contribution is 2.22. The van der Waals surface area contributed by atoms with Crippen LogP contribution in [0.3, 0.4) is 0 Å². The molecule has 0 bridgehead atoms. The van der Waals surface area contributed by atoms with E-state index in [4.69, 9.17) is 0 Å². The maximum absolute atomic E-state index is 13.1. The van der Waals surface area contributed by atoms with Gasteiger partial charge in [0.15, 0.2) is 0 Å². The number of hydrogen-bond donors (Lipinski definition) is 0. The molecule has 24 heavy (non-hydrogen) atoms. The number of benzene rings is 1. The van der Waals surface area contributed by atoms with Crippen LogP contribution in [-0.2, 0) is 14.8 Å². The first kappa shape index (κ1) is 18.7. The molecular formula is C17H25FN2O3S. The molecule has 2 rings (SSSR count). The van der Waals surface area contributed by atoms with Gasteiger partial charge in [0.05, 0.1) is 11.9 Å². The van der Waals surface area contributed by atoms with Crippen molar-refractivity contribution in [1.82, 2.24) is 4.90 Å². The van der Waals surface area contributed by atoms with Crippen molar-refractivity contribution in [2.75, 3.05) is 23.7 Å². The molecule has 1 aromatic rings. The number of likely N-dealkylation sites (tertiary alicyclic amines) is 1. The quantitative estimate of drug-likeness (QED) is 0.787. The highest BCUT2D eigenvalue weighted by molar-refractivity contribution is 7.92. The van der Waals surface area contributed by atoms with Gasteiger partial charge < -0.3 is 4.90 Å². The van der Waals surface area contributed by atoms with Crippen LogP contribution in [0.2, 0.25) is 0 Å². The molecule has 0 saturated carbocycles. The van der Waals surface area contributed by atoms with Crippen LogP contribution in [0.1, 0.15) is 39.0 Å². The van der Waals surface area contributed by atoms with Crippen LogP contribution < -0.4 is 4.31 Å². The predicted octanol–water partition coefficient (Wildman–Crippen LogP) is 2.77. The normalized spacial score (nSPS) is 18.5. The van der Waals surface area contributed by atoms with Crippen molar-refractivity contribution in [3.05, 3.63) is 30.1 Å². The summed E-state index contributed by atoms with van der Waals surface area (Å²) in [5.41, 5.74) is 0.373. The maximum Gasteiger partial charge on any atom is 0.232 e. The molecule has 7 heteroatoms. The van der Waals surface area contributed by atoms with Crippen LogP contribution in [-0.4, -0.2) is 44.6 Å². The van der Waals surface area contributed by atoms with Crippen LogP contribution in [0, 0.1) is 5.82 Å². The molecular weight excluding hydrogens is 331 g/mol. The lowest BCUT2D eigenvalue weighted by atomic mass is 9.99. The van der Waals surface area contributed by atoms with Crippen molar-refractivity contribution in [2.24, 2.45) is 0 Å².